The van der Waals surface area contributed by atoms with Crippen molar-refractivity contribution in [2.75, 3.05) is 47.5 Å². The van der Waals surface area contributed by atoms with E-state index in [2.05, 4.69) is 50.3 Å². The second kappa shape index (κ2) is 45.4. The second-order valence-corrected chi connectivity index (χ2v) is 20.3. The summed E-state index contributed by atoms with van der Waals surface area (Å²) in [7, 11) is 1.16. The van der Waals surface area contributed by atoms with Gasteiger partial charge >= 0.3 is 11.9 Å². The predicted molar refractivity (Wildman–Crippen MR) is 264 cm³/mol. The van der Waals surface area contributed by atoms with Gasteiger partial charge in [0.25, 0.3) is 7.82 Å². The molecule has 9 nitrogen and oxygen atoms in total. The molecule has 370 valence electrons. The SMILES string of the molecule is CCCCC/C=C\C/C=C\C/C=C\CCCCCCCCC(=O)OC(COC(=O)CCCCCCCCCCCCCCCCCCCCCC)COP(=O)([O-])OCC[N+](C)(C)C. The molecule has 0 aromatic heterocycles. The van der Waals surface area contributed by atoms with Crippen molar-refractivity contribution < 1.29 is 42.1 Å². The maximum atomic E-state index is 12.7. The first-order valence-electron chi connectivity index (χ1n) is 26.2. The molecule has 0 heterocycles. The van der Waals surface area contributed by atoms with Crippen LogP contribution in [0.1, 0.15) is 239 Å². The van der Waals surface area contributed by atoms with Gasteiger partial charge in [-0.05, 0) is 51.4 Å². The maximum Gasteiger partial charge on any atom is 0.306 e. The molecule has 0 fully saturated rings. The summed E-state index contributed by atoms with van der Waals surface area (Å²) in [5.74, 6) is -0.839. The van der Waals surface area contributed by atoms with E-state index >= 15 is 0 Å². The number of esters is 2. The molecule has 0 spiro atoms. The van der Waals surface area contributed by atoms with Gasteiger partial charge in [-0.1, -0.05) is 211 Å². The summed E-state index contributed by atoms with van der Waals surface area (Å²) in [6.07, 6.45) is 53.1. The van der Waals surface area contributed by atoms with Crippen molar-refractivity contribution in [1.29, 1.82) is 0 Å². The zero-order chi connectivity index (χ0) is 46.4. The van der Waals surface area contributed by atoms with Crippen LogP contribution < -0.4 is 4.89 Å². The van der Waals surface area contributed by atoms with Gasteiger partial charge in [0.2, 0.25) is 0 Å². The second-order valence-electron chi connectivity index (χ2n) is 18.9. The molecule has 10 heteroatoms. The lowest BCUT2D eigenvalue weighted by molar-refractivity contribution is -0.870. The fourth-order valence-corrected chi connectivity index (χ4v) is 8.04. The summed E-state index contributed by atoms with van der Waals surface area (Å²) in [5, 5.41) is 0. The van der Waals surface area contributed by atoms with Gasteiger partial charge in [-0.25, -0.2) is 0 Å². The van der Waals surface area contributed by atoms with Crippen LogP contribution in [0.25, 0.3) is 0 Å². The number of quaternary nitrogens is 1. The summed E-state index contributed by atoms with van der Waals surface area (Å²) < 4.78 is 34.1. The molecule has 0 aliphatic carbocycles. The quantitative estimate of drug-likeness (QED) is 0.0195. The summed E-state index contributed by atoms with van der Waals surface area (Å²) in [4.78, 5) is 37.7. The highest BCUT2D eigenvalue weighted by Crippen LogP contribution is 2.38. The van der Waals surface area contributed by atoms with Crippen LogP contribution in [-0.4, -0.2) is 70.0 Å². The van der Waals surface area contributed by atoms with Crippen molar-refractivity contribution in [2.45, 2.75) is 245 Å². The number of hydrogen-bond donors (Lipinski definition) is 0. The van der Waals surface area contributed by atoms with Crippen LogP contribution in [0.4, 0.5) is 0 Å². The van der Waals surface area contributed by atoms with Gasteiger partial charge in [-0.15, -0.1) is 0 Å². The van der Waals surface area contributed by atoms with Crippen LogP contribution in [0.2, 0.25) is 0 Å². The normalized spacial score (nSPS) is 13.7. The molecule has 0 aliphatic heterocycles. The van der Waals surface area contributed by atoms with Crippen LogP contribution >= 0.6 is 7.82 Å². The Balaban J connectivity index is 4.24. The lowest BCUT2D eigenvalue weighted by Crippen LogP contribution is -2.37. The summed E-state index contributed by atoms with van der Waals surface area (Å²) in [5.41, 5.74) is 0. The Bertz CT molecular complexity index is 1170. The van der Waals surface area contributed by atoms with Gasteiger partial charge in [0.05, 0.1) is 27.7 Å². The average molecular weight is 910 g/mol. The third-order valence-electron chi connectivity index (χ3n) is 11.4. The van der Waals surface area contributed by atoms with Crippen LogP contribution in [0.3, 0.4) is 0 Å². The van der Waals surface area contributed by atoms with E-state index in [1.165, 1.54) is 135 Å². The maximum absolute atomic E-state index is 12.7. The van der Waals surface area contributed by atoms with Gasteiger partial charge in [0.15, 0.2) is 6.10 Å². The Morgan fingerprint density at radius 3 is 1.30 bits per heavy atom. The Labute approximate surface area is 389 Å². The molecule has 0 radical (unpaired) electrons. The Hall–Kier alpha value is -1.77. The summed E-state index contributed by atoms with van der Waals surface area (Å²) in [6, 6.07) is 0. The highest BCUT2D eigenvalue weighted by Gasteiger charge is 2.21. The molecule has 63 heavy (non-hydrogen) atoms. The van der Waals surface area contributed by atoms with Crippen LogP contribution in [-0.2, 0) is 32.7 Å². The number of carbonyl (C=O) groups excluding carboxylic acids is 2. The van der Waals surface area contributed by atoms with E-state index in [1.54, 1.807) is 0 Å². The van der Waals surface area contributed by atoms with Crippen molar-refractivity contribution in [3.63, 3.8) is 0 Å². The standard InChI is InChI=1S/C53H100NO8P/c1-6-8-10-12-14-16-18-20-22-24-26-28-29-31-33-35-37-39-41-43-45-52(55)59-49-51(50-61-63(57,58)60-48-47-54(3,4)5)62-53(56)46-44-42-40-38-36-34-32-30-27-25-23-21-19-17-15-13-11-9-7-2/h15,17,21,23,27,30,51H,6-14,16,18-20,22,24-26,28-29,31-50H2,1-5H3/b17-15-,23-21-,30-27-. The van der Waals surface area contributed by atoms with E-state index in [0.717, 1.165) is 70.6 Å². The average Bonchev–Trinajstić information content (AvgIpc) is 3.24. The monoisotopic (exact) mass is 910 g/mol. The molecule has 0 saturated heterocycles. The van der Waals surface area contributed by atoms with Crippen LogP contribution in [0.5, 0.6) is 0 Å². The summed E-state index contributed by atoms with van der Waals surface area (Å²) in [6.45, 7) is 4.22. The number of phosphoric ester groups is 1. The third-order valence-corrected chi connectivity index (χ3v) is 12.4. The molecule has 0 amide bonds. The zero-order valence-corrected chi connectivity index (χ0v) is 42.7. The molecule has 0 aliphatic rings. The van der Waals surface area contributed by atoms with Crippen molar-refractivity contribution in [2.24, 2.45) is 0 Å². The molecule has 2 unspecified atom stereocenters. The number of ether oxygens (including phenoxy) is 2. The van der Waals surface area contributed by atoms with Crippen molar-refractivity contribution in [1.82, 2.24) is 0 Å². The number of carbonyl (C=O) groups is 2. The zero-order valence-electron chi connectivity index (χ0n) is 41.8. The molecule has 0 rings (SSSR count). The number of hydrogen-bond acceptors (Lipinski definition) is 8. The Morgan fingerprint density at radius 1 is 0.492 bits per heavy atom. The number of phosphoric acid groups is 1. The van der Waals surface area contributed by atoms with Crippen molar-refractivity contribution in [3.8, 4) is 0 Å². The molecule has 0 aromatic rings. The number of nitrogens with zero attached hydrogens (tertiary/aromatic N) is 1. The highest BCUT2D eigenvalue weighted by atomic mass is 31.2. The largest absolute Gasteiger partial charge is 0.756 e. The highest BCUT2D eigenvalue weighted by molar-refractivity contribution is 7.45. The van der Waals surface area contributed by atoms with Crippen LogP contribution in [0.15, 0.2) is 36.5 Å². The van der Waals surface area contributed by atoms with Gasteiger partial charge in [-0.2, -0.15) is 0 Å². The van der Waals surface area contributed by atoms with E-state index in [0.29, 0.717) is 17.4 Å². The van der Waals surface area contributed by atoms with E-state index in [4.69, 9.17) is 18.5 Å². The molecular weight excluding hydrogens is 810 g/mol. The minimum atomic E-state index is -4.63. The fourth-order valence-electron chi connectivity index (χ4n) is 7.31. The number of unbranched alkanes of at least 4 members (excludes halogenated alkanes) is 28. The molecule has 0 bridgehead atoms. The first-order valence-corrected chi connectivity index (χ1v) is 27.7. The Morgan fingerprint density at radius 2 is 0.857 bits per heavy atom. The minimum Gasteiger partial charge on any atom is -0.756 e. The van der Waals surface area contributed by atoms with Crippen LogP contribution in [0, 0.1) is 0 Å². The van der Waals surface area contributed by atoms with Gasteiger partial charge in [0.1, 0.15) is 19.8 Å². The van der Waals surface area contributed by atoms with Gasteiger partial charge < -0.3 is 27.9 Å². The molecule has 0 N–H and O–H groups in total. The van der Waals surface area contributed by atoms with E-state index in [9.17, 15) is 19.0 Å². The molecule has 0 saturated carbocycles. The first-order chi connectivity index (χ1) is 30.5. The third kappa shape index (κ3) is 49.5. The lowest BCUT2D eigenvalue weighted by Gasteiger charge is -2.28. The first kappa shape index (κ1) is 61.2. The van der Waals surface area contributed by atoms with E-state index in [-0.39, 0.29) is 32.0 Å². The number of rotatable bonds is 48. The smallest absolute Gasteiger partial charge is 0.306 e. The Kier molecular flexibility index (Phi) is 44.1. The topological polar surface area (TPSA) is 111 Å². The van der Waals surface area contributed by atoms with Gasteiger partial charge in [0, 0.05) is 12.8 Å². The predicted octanol–water partition coefficient (Wildman–Crippen LogP) is 15.0. The summed E-state index contributed by atoms with van der Waals surface area (Å²) >= 11 is 0. The lowest BCUT2D eigenvalue weighted by atomic mass is 10.0. The molecular formula is C53H100NO8P. The van der Waals surface area contributed by atoms with Crippen molar-refractivity contribution in [3.05, 3.63) is 36.5 Å². The molecule has 2 atom stereocenters. The van der Waals surface area contributed by atoms with Gasteiger partial charge in [-0.3, -0.25) is 14.2 Å². The van der Waals surface area contributed by atoms with E-state index in [1.807, 2.05) is 21.1 Å². The number of likely N-dealkylation sites (N-methyl/N-ethyl adjacent to an activating group) is 1. The van der Waals surface area contributed by atoms with E-state index < -0.39 is 26.5 Å². The number of allylic oxidation sites excluding steroid dienone is 6. The minimum absolute atomic E-state index is 0.0327. The fraction of sp³-hybridized carbons (Fsp3) is 0.849. The molecule has 0 aromatic carbocycles. The van der Waals surface area contributed by atoms with Crippen molar-refractivity contribution >= 4 is 19.8 Å².